The number of hydrogen-bond donors (Lipinski definition) is 1. The summed E-state index contributed by atoms with van der Waals surface area (Å²) in [6, 6.07) is 2.05. The number of nitrogens with zero attached hydrogens (tertiary/aromatic N) is 3. The van der Waals surface area contributed by atoms with E-state index in [0.717, 1.165) is 45.7 Å². The molecule has 1 aliphatic rings. The lowest BCUT2D eigenvalue weighted by Gasteiger charge is -2.19. The number of carbonyl (C=O) groups is 1. The highest BCUT2D eigenvalue weighted by molar-refractivity contribution is 7.15. The summed E-state index contributed by atoms with van der Waals surface area (Å²) in [4.78, 5) is 20.1. The topological polar surface area (TPSA) is 58.8 Å². The number of thiophene rings is 1. The minimum absolute atomic E-state index is 0.130. The van der Waals surface area contributed by atoms with Gasteiger partial charge in [0.25, 0.3) is 5.91 Å². The smallest absolute Gasteiger partial charge is 0.281 e. The summed E-state index contributed by atoms with van der Waals surface area (Å²) in [7, 11) is 0. The fourth-order valence-corrected chi connectivity index (χ4v) is 5.56. The number of fused-ring (bicyclic) bond motifs is 2. The summed E-state index contributed by atoms with van der Waals surface area (Å²) >= 11 is 3.22. The number of nitrogens with one attached hydrogen (secondary N) is 1. The fourth-order valence-electron chi connectivity index (χ4n) is 3.54. The van der Waals surface area contributed by atoms with Crippen molar-refractivity contribution in [3.05, 3.63) is 43.8 Å². The third kappa shape index (κ3) is 3.10. The van der Waals surface area contributed by atoms with Gasteiger partial charge < -0.3 is 0 Å². The van der Waals surface area contributed by atoms with Crippen LogP contribution in [0.4, 0.5) is 0 Å². The average Bonchev–Trinajstić information content (AvgIpc) is 3.30. The normalized spacial score (nSPS) is 17.1. The summed E-state index contributed by atoms with van der Waals surface area (Å²) in [5, 5.41) is 6.25. The minimum atomic E-state index is -0.130. The molecule has 0 saturated heterocycles. The van der Waals surface area contributed by atoms with Crippen LogP contribution in [0.15, 0.2) is 16.5 Å². The first-order valence-corrected chi connectivity index (χ1v) is 10.6. The summed E-state index contributed by atoms with van der Waals surface area (Å²) in [6.07, 6.45) is 6.33. The quantitative estimate of drug-likeness (QED) is 0.535. The van der Waals surface area contributed by atoms with Gasteiger partial charge in [0.2, 0.25) is 0 Å². The number of aryl methyl sites for hydroxylation is 3. The van der Waals surface area contributed by atoms with Crippen LogP contribution < -0.4 is 5.43 Å². The Bertz CT molecular complexity index is 995. The Morgan fingerprint density at radius 1 is 1.50 bits per heavy atom. The van der Waals surface area contributed by atoms with Gasteiger partial charge in [-0.1, -0.05) is 13.3 Å². The van der Waals surface area contributed by atoms with Gasteiger partial charge in [-0.2, -0.15) is 5.10 Å². The molecule has 1 atom stereocenters. The maximum atomic E-state index is 12.5. The number of carbonyl (C=O) groups excluding carboxylic acids is 1. The standard InChI is InChI=1S/C19H22N4OS2/c1-4-13-5-6-16-14(7-13)8-17(26-16)18(24)22-20-9-15-12(3)21-19-23(15)11(2)10-25-19/h8-10,13H,4-7H2,1-3H3,(H,22,24). The first-order valence-electron chi connectivity index (χ1n) is 8.95. The predicted octanol–water partition coefficient (Wildman–Crippen LogP) is 4.35. The Morgan fingerprint density at radius 2 is 2.35 bits per heavy atom. The molecule has 0 aliphatic heterocycles. The van der Waals surface area contributed by atoms with E-state index >= 15 is 0 Å². The zero-order valence-electron chi connectivity index (χ0n) is 15.2. The molecule has 0 bridgehead atoms. The summed E-state index contributed by atoms with van der Waals surface area (Å²) < 4.78 is 2.06. The summed E-state index contributed by atoms with van der Waals surface area (Å²) in [6.45, 7) is 6.25. The molecule has 1 amide bonds. The maximum absolute atomic E-state index is 12.5. The summed E-state index contributed by atoms with van der Waals surface area (Å²) in [5.74, 6) is 0.626. The number of hydrogen-bond acceptors (Lipinski definition) is 5. The number of amides is 1. The molecule has 3 aromatic rings. The molecule has 0 aromatic carbocycles. The first-order chi connectivity index (χ1) is 12.6. The second-order valence-corrected chi connectivity index (χ2v) is 8.83. The highest BCUT2D eigenvalue weighted by Crippen LogP contribution is 2.33. The van der Waals surface area contributed by atoms with Crippen LogP contribution in [0.2, 0.25) is 0 Å². The number of thiazole rings is 1. The third-order valence-electron chi connectivity index (χ3n) is 5.09. The van der Waals surface area contributed by atoms with Crippen molar-refractivity contribution in [3.63, 3.8) is 0 Å². The molecule has 5 nitrogen and oxygen atoms in total. The van der Waals surface area contributed by atoms with E-state index in [0.29, 0.717) is 0 Å². The lowest BCUT2D eigenvalue weighted by Crippen LogP contribution is -2.16. The van der Waals surface area contributed by atoms with Crippen molar-refractivity contribution in [2.75, 3.05) is 0 Å². The van der Waals surface area contributed by atoms with Crippen molar-refractivity contribution < 1.29 is 4.79 Å². The Kier molecular flexibility index (Phi) is 4.67. The zero-order chi connectivity index (χ0) is 18.3. The molecule has 1 aliphatic carbocycles. The Labute approximate surface area is 160 Å². The van der Waals surface area contributed by atoms with Crippen molar-refractivity contribution in [1.82, 2.24) is 14.8 Å². The molecule has 7 heteroatoms. The molecule has 1 unspecified atom stereocenters. The molecular formula is C19H22N4OS2. The lowest BCUT2D eigenvalue weighted by molar-refractivity contribution is 0.0959. The molecule has 0 saturated carbocycles. The van der Waals surface area contributed by atoms with Gasteiger partial charge in [0.15, 0.2) is 4.96 Å². The van der Waals surface area contributed by atoms with E-state index < -0.39 is 0 Å². The van der Waals surface area contributed by atoms with Crippen LogP contribution in [-0.2, 0) is 12.8 Å². The number of rotatable bonds is 4. The lowest BCUT2D eigenvalue weighted by atomic mass is 9.87. The predicted molar refractivity (Wildman–Crippen MR) is 108 cm³/mol. The van der Waals surface area contributed by atoms with Gasteiger partial charge in [-0.05, 0) is 50.7 Å². The van der Waals surface area contributed by atoms with E-state index in [1.807, 2.05) is 13.8 Å². The van der Waals surface area contributed by atoms with Crippen molar-refractivity contribution in [1.29, 1.82) is 0 Å². The molecule has 1 N–H and O–H groups in total. The molecule has 136 valence electrons. The van der Waals surface area contributed by atoms with Crippen LogP contribution in [0.3, 0.4) is 0 Å². The van der Waals surface area contributed by atoms with Gasteiger partial charge in [0.05, 0.1) is 22.5 Å². The number of imidazole rings is 1. The van der Waals surface area contributed by atoms with Crippen LogP contribution in [0.5, 0.6) is 0 Å². The van der Waals surface area contributed by atoms with Crippen LogP contribution in [-0.4, -0.2) is 21.5 Å². The monoisotopic (exact) mass is 386 g/mol. The molecule has 0 fully saturated rings. The molecular weight excluding hydrogens is 364 g/mol. The van der Waals surface area contributed by atoms with Gasteiger partial charge in [-0.15, -0.1) is 22.7 Å². The highest BCUT2D eigenvalue weighted by atomic mass is 32.1. The molecule has 4 rings (SSSR count). The molecule has 0 radical (unpaired) electrons. The van der Waals surface area contributed by atoms with Gasteiger partial charge in [-0.3, -0.25) is 9.20 Å². The SMILES string of the molecule is CCC1CCc2sc(C(=O)NN=Cc3c(C)nc4scc(C)n34)cc2C1. The average molecular weight is 387 g/mol. The number of aromatic nitrogens is 2. The van der Waals surface area contributed by atoms with Crippen molar-refractivity contribution in [2.45, 2.75) is 46.5 Å². The maximum Gasteiger partial charge on any atom is 0.281 e. The Hall–Kier alpha value is -1.99. The van der Waals surface area contributed by atoms with E-state index in [2.05, 4.69) is 38.3 Å². The fraction of sp³-hybridized carbons (Fsp3) is 0.421. The second-order valence-electron chi connectivity index (χ2n) is 6.85. The van der Waals surface area contributed by atoms with Gasteiger partial charge in [0.1, 0.15) is 0 Å². The molecule has 0 spiro atoms. The number of hydrazone groups is 1. The van der Waals surface area contributed by atoms with Crippen LogP contribution in [0.25, 0.3) is 4.96 Å². The zero-order valence-corrected chi connectivity index (χ0v) is 16.8. The molecule has 3 aromatic heterocycles. The Balaban J connectivity index is 1.49. The minimum Gasteiger partial charge on any atom is -0.286 e. The van der Waals surface area contributed by atoms with E-state index in [1.165, 1.54) is 23.3 Å². The summed E-state index contributed by atoms with van der Waals surface area (Å²) in [5.41, 5.74) is 6.97. The Morgan fingerprint density at radius 3 is 3.15 bits per heavy atom. The second kappa shape index (κ2) is 6.96. The van der Waals surface area contributed by atoms with Crippen LogP contribution in [0, 0.1) is 19.8 Å². The van der Waals surface area contributed by atoms with Gasteiger partial charge in [0, 0.05) is 16.0 Å². The highest BCUT2D eigenvalue weighted by Gasteiger charge is 2.22. The molecule has 3 heterocycles. The van der Waals surface area contributed by atoms with Gasteiger partial charge in [-0.25, -0.2) is 10.4 Å². The van der Waals surface area contributed by atoms with Gasteiger partial charge >= 0.3 is 0 Å². The van der Waals surface area contributed by atoms with E-state index in [9.17, 15) is 4.79 Å². The largest absolute Gasteiger partial charge is 0.286 e. The van der Waals surface area contributed by atoms with E-state index in [4.69, 9.17) is 0 Å². The third-order valence-corrected chi connectivity index (χ3v) is 7.27. The van der Waals surface area contributed by atoms with Crippen molar-refractivity contribution >= 4 is 39.8 Å². The van der Waals surface area contributed by atoms with Crippen molar-refractivity contribution in [2.24, 2.45) is 11.0 Å². The van der Waals surface area contributed by atoms with Crippen LogP contribution >= 0.6 is 22.7 Å². The first kappa shape index (κ1) is 17.4. The van der Waals surface area contributed by atoms with E-state index in [-0.39, 0.29) is 5.91 Å². The molecule has 26 heavy (non-hydrogen) atoms. The van der Waals surface area contributed by atoms with E-state index in [1.54, 1.807) is 28.9 Å². The van der Waals surface area contributed by atoms with Crippen LogP contribution in [0.1, 0.15) is 57.0 Å². The van der Waals surface area contributed by atoms with Crippen molar-refractivity contribution in [3.8, 4) is 0 Å².